The molecule has 0 aliphatic carbocycles. The maximum absolute atomic E-state index is 12.2. The van der Waals surface area contributed by atoms with E-state index in [1.54, 1.807) is 19.1 Å². The molecular formula is C18H20N2O3. The van der Waals surface area contributed by atoms with Crippen molar-refractivity contribution >= 4 is 16.8 Å². The Morgan fingerprint density at radius 1 is 1.30 bits per heavy atom. The van der Waals surface area contributed by atoms with Crippen molar-refractivity contribution in [2.75, 3.05) is 6.54 Å². The number of hydrogen-bond donors (Lipinski definition) is 2. The van der Waals surface area contributed by atoms with Crippen molar-refractivity contribution < 1.29 is 14.3 Å². The highest BCUT2D eigenvalue weighted by atomic mass is 16.4. The van der Waals surface area contributed by atoms with Crippen molar-refractivity contribution in [3.63, 3.8) is 0 Å². The molecule has 0 aliphatic heterocycles. The van der Waals surface area contributed by atoms with Crippen LogP contribution in [-0.4, -0.2) is 22.1 Å². The number of furan rings is 1. The number of hydrogen-bond acceptors (Lipinski definition) is 3. The van der Waals surface area contributed by atoms with Gasteiger partial charge in [-0.1, -0.05) is 18.2 Å². The summed E-state index contributed by atoms with van der Waals surface area (Å²) >= 11 is 0. The first-order valence-corrected chi connectivity index (χ1v) is 7.55. The van der Waals surface area contributed by atoms with E-state index < -0.39 is 5.60 Å². The van der Waals surface area contributed by atoms with Gasteiger partial charge in [-0.15, -0.1) is 0 Å². The Bertz CT molecular complexity index is 816. The highest BCUT2D eigenvalue weighted by molar-refractivity contribution is 5.86. The molecular weight excluding hydrogens is 292 g/mol. The van der Waals surface area contributed by atoms with E-state index in [-0.39, 0.29) is 19.0 Å². The number of aromatic nitrogens is 1. The van der Waals surface area contributed by atoms with E-state index in [0.717, 1.165) is 16.5 Å². The van der Waals surface area contributed by atoms with Gasteiger partial charge in [0.1, 0.15) is 17.9 Å². The number of aliphatic hydroxyl groups is 1. The van der Waals surface area contributed by atoms with Crippen molar-refractivity contribution in [2.24, 2.45) is 0 Å². The number of rotatable bonds is 5. The van der Waals surface area contributed by atoms with Gasteiger partial charge in [0.15, 0.2) is 0 Å². The molecule has 0 aliphatic rings. The van der Waals surface area contributed by atoms with Gasteiger partial charge in [-0.2, -0.15) is 0 Å². The number of carbonyl (C=O) groups is 1. The molecule has 0 saturated heterocycles. The van der Waals surface area contributed by atoms with Gasteiger partial charge >= 0.3 is 0 Å². The molecule has 0 bridgehead atoms. The lowest BCUT2D eigenvalue weighted by atomic mass is 10.0. The smallest absolute Gasteiger partial charge is 0.240 e. The molecule has 0 saturated carbocycles. The first-order chi connectivity index (χ1) is 11.0. The minimum absolute atomic E-state index is 0.0948. The van der Waals surface area contributed by atoms with Crippen LogP contribution in [0.25, 0.3) is 10.9 Å². The fraction of sp³-hybridized carbons (Fsp3) is 0.278. The SMILES string of the molecule is Cc1cn(CC(=O)NCC(C)(O)c2ccco2)c2ccccc12. The van der Waals surface area contributed by atoms with E-state index in [0.29, 0.717) is 5.76 Å². The molecule has 1 aromatic carbocycles. The quantitative estimate of drug-likeness (QED) is 0.761. The summed E-state index contributed by atoms with van der Waals surface area (Å²) < 4.78 is 7.12. The summed E-state index contributed by atoms with van der Waals surface area (Å²) in [6.07, 6.45) is 3.47. The Morgan fingerprint density at radius 3 is 2.83 bits per heavy atom. The van der Waals surface area contributed by atoms with Crippen molar-refractivity contribution in [1.29, 1.82) is 0 Å². The van der Waals surface area contributed by atoms with E-state index >= 15 is 0 Å². The van der Waals surface area contributed by atoms with Crippen molar-refractivity contribution in [1.82, 2.24) is 9.88 Å². The summed E-state index contributed by atoms with van der Waals surface area (Å²) in [6.45, 7) is 3.94. The number of carbonyl (C=O) groups excluding carboxylic acids is 1. The number of aryl methyl sites for hydroxylation is 1. The molecule has 0 spiro atoms. The van der Waals surface area contributed by atoms with Gasteiger partial charge < -0.3 is 19.4 Å². The molecule has 120 valence electrons. The Labute approximate surface area is 134 Å². The van der Waals surface area contributed by atoms with Crippen LogP contribution in [-0.2, 0) is 16.9 Å². The van der Waals surface area contributed by atoms with Gasteiger partial charge in [-0.3, -0.25) is 4.79 Å². The highest BCUT2D eigenvalue weighted by Crippen LogP contribution is 2.21. The van der Waals surface area contributed by atoms with Crippen LogP contribution < -0.4 is 5.32 Å². The second-order valence-corrected chi connectivity index (χ2v) is 5.99. The summed E-state index contributed by atoms with van der Waals surface area (Å²) in [5.74, 6) is 0.276. The van der Waals surface area contributed by atoms with Crippen LogP contribution in [0.1, 0.15) is 18.2 Å². The molecule has 3 aromatic rings. The van der Waals surface area contributed by atoms with Crippen LogP contribution in [0.4, 0.5) is 0 Å². The van der Waals surface area contributed by atoms with Crippen LogP contribution in [0, 0.1) is 6.92 Å². The van der Waals surface area contributed by atoms with E-state index in [1.807, 2.05) is 42.0 Å². The van der Waals surface area contributed by atoms with Crippen LogP contribution in [0.2, 0.25) is 0 Å². The largest absolute Gasteiger partial charge is 0.466 e. The number of benzene rings is 1. The molecule has 23 heavy (non-hydrogen) atoms. The normalized spacial score (nSPS) is 13.9. The zero-order valence-electron chi connectivity index (χ0n) is 13.2. The average Bonchev–Trinajstić information content (AvgIpc) is 3.16. The monoisotopic (exact) mass is 312 g/mol. The molecule has 1 atom stereocenters. The predicted octanol–water partition coefficient (Wildman–Crippen LogP) is 2.57. The van der Waals surface area contributed by atoms with E-state index in [1.165, 1.54) is 6.26 Å². The average molecular weight is 312 g/mol. The number of fused-ring (bicyclic) bond motifs is 1. The van der Waals surface area contributed by atoms with Crippen molar-refractivity contribution in [3.05, 3.63) is 60.2 Å². The predicted molar refractivity (Wildman–Crippen MR) is 88.0 cm³/mol. The van der Waals surface area contributed by atoms with Crippen LogP contribution in [0.3, 0.4) is 0 Å². The first-order valence-electron chi connectivity index (χ1n) is 7.55. The van der Waals surface area contributed by atoms with Gasteiger partial charge in [0, 0.05) is 17.1 Å². The zero-order chi connectivity index (χ0) is 16.4. The molecule has 0 radical (unpaired) electrons. The minimum atomic E-state index is -1.23. The lowest BCUT2D eigenvalue weighted by Gasteiger charge is -2.21. The Hall–Kier alpha value is -2.53. The molecule has 1 unspecified atom stereocenters. The number of nitrogens with zero attached hydrogens (tertiary/aromatic N) is 1. The third-order valence-electron chi connectivity index (χ3n) is 3.98. The maximum Gasteiger partial charge on any atom is 0.240 e. The first kappa shape index (κ1) is 15.4. The highest BCUT2D eigenvalue weighted by Gasteiger charge is 2.26. The number of nitrogens with one attached hydrogen (secondary N) is 1. The molecule has 1 amide bonds. The van der Waals surface area contributed by atoms with Crippen LogP contribution in [0.5, 0.6) is 0 Å². The van der Waals surface area contributed by atoms with Gasteiger partial charge in [-0.05, 0) is 37.6 Å². The van der Waals surface area contributed by atoms with Crippen LogP contribution in [0.15, 0.2) is 53.3 Å². The number of para-hydroxylation sites is 1. The molecule has 5 nitrogen and oxygen atoms in total. The van der Waals surface area contributed by atoms with Gasteiger partial charge in [0.25, 0.3) is 0 Å². The minimum Gasteiger partial charge on any atom is -0.466 e. The van der Waals surface area contributed by atoms with E-state index in [2.05, 4.69) is 5.32 Å². The summed E-state index contributed by atoms with van der Waals surface area (Å²) in [7, 11) is 0. The molecule has 2 N–H and O–H groups in total. The van der Waals surface area contributed by atoms with Crippen molar-refractivity contribution in [3.8, 4) is 0 Å². The fourth-order valence-corrected chi connectivity index (χ4v) is 2.71. The Kier molecular flexibility index (Phi) is 3.96. The topological polar surface area (TPSA) is 67.4 Å². The zero-order valence-corrected chi connectivity index (χ0v) is 13.2. The molecule has 2 aromatic heterocycles. The molecule has 2 heterocycles. The van der Waals surface area contributed by atoms with Gasteiger partial charge in [0.2, 0.25) is 5.91 Å². The van der Waals surface area contributed by atoms with E-state index in [4.69, 9.17) is 4.42 Å². The number of amides is 1. The Morgan fingerprint density at radius 2 is 2.09 bits per heavy atom. The standard InChI is InChI=1S/C18H20N2O3/c1-13-10-20(15-7-4-3-6-14(13)15)11-17(21)19-12-18(2,22)16-8-5-9-23-16/h3-10,22H,11-12H2,1-2H3,(H,19,21). The maximum atomic E-state index is 12.2. The van der Waals surface area contributed by atoms with Gasteiger partial charge in [0.05, 0.1) is 12.8 Å². The Balaban J connectivity index is 1.67. The third kappa shape index (κ3) is 3.14. The second kappa shape index (κ2) is 5.93. The third-order valence-corrected chi connectivity index (χ3v) is 3.98. The van der Waals surface area contributed by atoms with Crippen molar-refractivity contribution in [2.45, 2.75) is 26.0 Å². The summed E-state index contributed by atoms with van der Waals surface area (Å²) in [5.41, 5.74) is 0.933. The summed E-state index contributed by atoms with van der Waals surface area (Å²) in [5, 5.41) is 14.3. The molecule has 5 heteroatoms. The van der Waals surface area contributed by atoms with Crippen LogP contribution >= 0.6 is 0 Å². The van der Waals surface area contributed by atoms with Gasteiger partial charge in [-0.25, -0.2) is 0 Å². The molecule has 3 rings (SSSR count). The molecule has 0 fully saturated rings. The second-order valence-electron chi connectivity index (χ2n) is 5.99. The lowest BCUT2D eigenvalue weighted by Crippen LogP contribution is -2.39. The lowest BCUT2D eigenvalue weighted by molar-refractivity contribution is -0.123. The summed E-state index contributed by atoms with van der Waals surface area (Å²) in [6, 6.07) is 11.4. The fourth-order valence-electron chi connectivity index (χ4n) is 2.71. The van der Waals surface area contributed by atoms with E-state index in [9.17, 15) is 9.90 Å². The summed E-state index contributed by atoms with van der Waals surface area (Å²) in [4.78, 5) is 12.2.